The summed E-state index contributed by atoms with van der Waals surface area (Å²) in [6, 6.07) is -0.189. The van der Waals surface area contributed by atoms with Crippen molar-refractivity contribution >= 4 is 11.9 Å². The number of amides is 3. The van der Waals surface area contributed by atoms with Gasteiger partial charge in [0, 0.05) is 32.4 Å². The first-order valence-corrected chi connectivity index (χ1v) is 10.9. The Morgan fingerprint density at radius 2 is 1.43 bits per heavy atom. The highest BCUT2D eigenvalue weighted by Crippen LogP contribution is 2.29. The molecule has 28 heavy (non-hydrogen) atoms. The average Bonchev–Trinajstić information content (AvgIpc) is 2.86. The van der Waals surface area contributed by atoms with Crippen molar-refractivity contribution in [3.8, 4) is 0 Å². The first kappa shape index (κ1) is 24.9. The van der Waals surface area contributed by atoms with Crippen LogP contribution in [-0.2, 0) is 9.53 Å². The Bertz CT molecular complexity index is 491. The third kappa shape index (κ3) is 8.48. The lowest BCUT2D eigenvalue weighted by molar-refractivity contribution is -0.128. The molecule has 0 aromatic carbocycles. The van der Waals surface area contributed by atoms with E-state index in [1.807, 2.05) is 13.8 Å². The lowest BCUT2D eigenvalue weighted by Gasteiger charge is -2.33. The lowest BCUT2D eigenvalue weighted by Crippen LogP contribution is -2.48. The number of unbranched alkanes of at least 4 members (excludes halogenated alkanes) is 3. The van der Waals surface area contributed by atoms with Crippen LogP contribution in [0.25, 0.3) is 0 Å². The Labute approximate surface area is 171 Å². The molecule has 1 N–H and O–H groups in total. The van der Waals surface area contributed by atoms with E-state index < -0.39 is 5.54 Å². The van der Waals surface area contributed by atoms with Crippen LogP contribution in [0.3, 0.4) is 0 Å². The van der Waals surface area contributed by atoms with Gasteiger partial charge in [0.05, 0.1) is 0 Å². The molecule has 1 aliphatic heterocycles. The molecule has 0 atom stereocenters. The van der Waals surface area contributed by atoms with Crippen molar-refractivity contribution in [2.75, 3.05) is 33.4 Å². The van der Waals surface area contributed by atoms with E-state index in [9.17, 15) is 9.59 Å². The molecule has 0 aromatic heterocycles. The van der Waals surface area contributed by atoms with E-state index >= 15 is 0 Å². The van der Waals surface area contributed by atoms with Crippen molar-refractivity contribution in [1.82, 2.24) is 9.80 Å². The Morgan fingerprint density at radius 3 is 1.93 bits per heavy atom. The highest BCUT2D eigenvalue weighted by Gasteiger charge is 2.42. The minimum atomic E-state index is -0.444. The molecule has 0 spiro atoms. The largest absolute Gasteiger partial charge is 0.396 e. The standard InChI is InChI=1S/C22H42N2O4/c1-21(2,12-6-9-15-25)13-7-10-16-28-17-11-8-14-22(3,4)24-19(26)18-23(5)20(24)27/h25H,6-18H2,1-5H3. The minimum absolute atomic E-state index is 0.104. The minimum Gasteiger partial charge on any atom is -0.396 e. The van der Waals surface area contributed by atoms with Crippen molar-refractivity contribution in [2.45, 2.75) is 91.0 Å². The van der Waals surface area contributed by atoms with Crippen molar-refractivity contribution in [2.24, 2.45) is 5.41 Å². The molecule has 1 aliphatic rings. The molecule has 0 saturated carbocycles. The van der Waals surface area contributed by atoms with Crippen LogP contribution < -0.4 is 0 Å². The number of carbonyl (C=O) groups is 2. The molecule has 0 bridgehead atoms. The van der Waals surface area contributed by atoms with Crippen LogP contribution in [0.2, 0.25) is 0 Å². The molecule has 3 amide bonds. The van der Waals surface area contributed by atoms with Crippen molar-refractivity contribution in [3.05, 3.63) is 0 Å². The summed E-state index contributed by atoms with van der Waals surface area (Å²) < 4.78 is 5.76. The van der Waals surface area contributed by atoms with E-state index in [-0.39, 0.29) is 18.5 Å². The maximum Gasteiger partial charge on any atom is 0.327 e. The molecular formula is C22H42N2O4. The molecular weight excluding hydrogens is 356 g/mol. The summed E-state index contributed by atoms with van der Waals surface area (Å²) in [5, 5.41) is 8.88. The molecule has 164 valence electrons. The molecule has 0 aliphatic carbocycles. The van der Waals surface area contributed by atoms with E-state index in [0.29, 0.717) is 12.0 Å². The quantitative estimate of drug-likeness (QED) is 0.331. The summed E-state index contributed by atoms with van der Waals surface area (Å²) in [7, 11) is 1.67. The van der Waals surface area contributed by atoms with Gasteiger partial charge in [-0.05, 0) is 64.2 Å². The third-order valence-corrected chi connectivity index (χ3v) is 5.73. The van der Waals surface area contributed by atoms with E-state index in [2.05, 4.69) is 13.8 Å². The van der Waals surface area contributed by atoms with Crippen LogP contribution in [0.15, 0.2) is 0 Å². The number of imide groups is 1. The Balaban J connectivity index is 2.09. The molecule has 0 radical (unpaired) electrons. The highest BCUT2D eigenvalue weighted by atomic mass is 16.5. The average molecular weight is 399 g/mol. The molecule has 1 fully saturated rings. The van der Waals surface area contributed by atoms with Crippen LogP contribution in [-0.4, -0.2) is 65.8 Å². The topological polar surface area (TPSA) is 70.1 Å². The van der Waals surface area contributed by atoms with Gasteiger partial charge in [-0.1, -0.05) is 26.7 Å². The zero-order chi connectivity index (χ0) is 21.2. The van der Waals surface area contributed by atoms with Crippen molar-refractivity contribution < 1.29 is 19.4 Å². The second kappa shape index (κ2) is 11.8. The van der Waals surface area contributed by atoms with Gasteiger partial charge in [0.2, 0.25) is 0 Å². The summed E-state index contributed by atoms with van der Waals surface area (Å²) in [5.41, 5.74) is -0.0974. The maximum absolute atomic E-state index is 12.1. The van der Waals surface area contributed by atoms with Gasteiger partial charge >= 0.3 is 6.03 Å². The SMILES string of the molecule is CN1CC(=O)N(C(C)(C)CCCCOCCCCC(C)(C)CCCCO)C1=O. The van der Waals surface area contributed by atoms with Gasteiger partial charge in [0.25, 0.3) is 5.91 Å². The number of carbonyl (C=O) groups excluding carboxylic acids is 2. The van der Waals surface area contributed by atoms with Gasteiger partial charge in [0.15, 0.2) is 0 Å². The van der Waals surface area contributed by atoms with Gasteiger partial charge in [-0.25, -0.2) is 4.79 Å². The number of hydrogen-bond donors (Lipinski definition) is 1. The Kier molecular flexibility index (Phi) is 10.5. The highest BCUT2D eigenvalue weighted by molar-refractivity contribution is 6.02. The van der Waals surface area contributed by atoms with Crippen LogP contribution in [0, 0.1) is 5.41 Å². The fraction of sp³-hybridized carbons (Fsp3) is 0.909. The van der Waals surface area contributed by atoms with Crippen molar-refractivity contribution in [1.29, 1.82) is 0 Å². The second-order valence-corrected chi connectivity index (χ2v) is 9.55. The summed E-state index contributed by atoms with van der Waals surface area (Å²) in [6.07, 6.45) is 9.30. The smallest absolute Gasteiger partial charge is 0.327 e. The van der Waals surface area contributed by atoms with Gasteiger partial charge < -0.3 is 14.7 Å². The molecule has 1 saturated heterocycles. The number of nitrogens with zero attached hydrogens (tertiary/aromatic N) is 2. The van der Waals surface area contributed by atoms with Crippen LogP contribution in [0.5, 0.6) is 0 Å². The molecule has 0 aromatic rings. The molecule has 0 unspecified atom stereocenters. The number of ether oxygens (including phenoxy) is 1. The Morgan fingerprint density at radius 1 is 0.893 bits per heavy atom. The fourth-order valence-electron chi connectivity index (χ4n) is 3.84. The molecule has 6 nitrogen and oxygen atoms in total. The lowest BCUT2D eigenvalue weighted by atomic mass is 9.82. The number of urea groups is 1. The third-order valence-electron chi connectivity index (χ3n) is 5.73. The predicted octanol–water partition coefficient (Wildman–Crippen LogP) is 4.21. The number of hydrogen-bond acceptors (Lipinski definition) is 4. The number of likely N-dealkylation sites (N-methyl/N-ethyl adjacent to an activating group) is 1. The molecule has 6 heteroatoms. The zero-order valence-corrected chi connectivity index (χ0v) is 18.8. The van der Waals surface area contributed by atoms with Gasteiger partial charge in [-0.2, -0.15) is 0 Å². The second-order valence-electron chi connectivity index (χ2n) is 9.55. The van der Waals surface area contributed by atoms with Gasteiger partial charge in [-0.3, -0.25) is 9.69 Å². The van der Waals surface area contributed by atoms with E-state index in [1.54, 1.807) is 7.05 Å². The number of rotatable bonds is 15. The van der Waals surface area contributed by atoms with Crippen LogP contribution >= 0.6 is 0 Å². The zero-order valence-electron chi connectivity index (χ0n) is 18.8. The monoisotopic (exact) mass is 398 g/mol. The Hall–Kier alpha value is -1.14. The van der Waals surface area contributed by atoms with Crippen LogP contribution in [0.1, 0.15) is 85.5 Å². The number of aliphatic hydroxyl groups excluding tert-OH is 1. The molecule has 1 heterocycles. The van der Waals surface area contributed by atoms with Gasteiger partial charge in [-0.15, -0.1) is 0 Å². The summed E-state index contributed by atoms with van der Waals surface area (Å²) >= 11 is 0. The summed E-state index contributed by atoms with van der Waals surface area (Å²) in [6.45, 7) is 10.5. The predicted molar refractivity (Wildman–Crippen MR) is 112 cm³/mol. The van der Waals surface area contributed by atoms with Gasteiger partial charge in [0.1, 0.15) is 6.54 Å². The van der Waals surface area contributed by atoms with E-state index in [0.717, 1.165) is 51.7 Å². The maximum atomic E-state index is 12.1. The first-order valence-electron chi connectivity index (χ1n) is 10.9. The normalized spacial score (nSPS) is 15.8. The van der Waals surface area contributed by atoms with E-state index in [4.69, 9.17) is 9.84 Å². The summed E-state index contributed by atoms with van der Waals surface area (Å²) in [4.78, 5) is 27.1. The van der Waals surface area contributed by atoms with E-state index in [1.165, 1.54) is 29.1 Å². The van der Waals surface area contributed by atoms with Crippen molar-refractivity contribution in [3.63, 3.8) is 0 Å². The summed E-state index contributed by atoms with van der Waals surface area (Å²) in [5.74, 6) is -0.104. The number of aliphatic hydroxyl groups is 1. The first-order chi connectivity index (χ1) is 13.1. The van der Waals surface area contributed by atoms with Crippen LogP contribution in [0.4, 0.5) is 4.79 Å². The fourth-order valence-corrected chi connectivity index (χ4v) is 3.84. The molecule has 1 rings (SSSR count).